The number of H-pyrrole nitrogens is 1. The number of fused-ring (bicyclic) bond motifs is 1. The van der Waals surface area contributed by atoms with Crippen LogP contribution in [0, 0.1) is 0 Å². The summed E-state index contributed by atoms with van der Waals surface area (Å²) in [6.07, 6.45) is 1.71. The lowest BCUT2D eigenvalue weighted by Gasteiger charge is -1.95. The molecule has 2 aromatic rings. The minimum absolute atomic E-state index is 0.0741. The maximum Gasteiger partial charge on any atom is 0.143 e. The molecule has 0 bridgehead atoms. The molecule has 3 N–H and O–H groups in total. The molecule has 56 valence electrons. The Bertz CT molecular complexity index is 392. The van der Waals surface area contributed by atoms with Crippen molar-refractivity contribution in [3.63, 3.8) is 0 Å². The first-order chi connectivity index (χ1) is 5.27. The van der Waals surface area contributed by atoms with Crippen LogP contribution in [0.25, 0.3) is 10.9 Å². The summed E-state index contributed by atoms with van der Waals surface area (Å²) < 4.78 is 0. The summed E-state index contributed by atoms with van der Waals surface area (Å²) in [5.41, 5.74) is 0.655. The normalized spacial score (nSPS) is 10.5. The highest BCUT2D eigenvalue weighted by Gasteiger charge is 2.01. The van der Waals surface area contributed by atoms with E-state index in [1.807, 2.05) is 0 Å². The number of aromatic amines is 1. The lowest BCUT2D eigenvalue weighted by atomic mass is 10.2. The van der Waals surface area contributed by atoms with E-state index in [1.165, 1.54) is 6.07 Å². The van der Waals surface area contributed by atoms with Gasteiger partial charge in [0.05, 0.1) is 5.52 Å². The number of aromatic hydroxyl groups is 2. The number of hydrogen-bond acceptors (Lipinski definition) is 2. The summed E-state index contributed by atoms with van der Waals surface area (Å²) in [7, 11) is 0. The lowest BCUT2D eigenvalue weighted by molar-refractivity contribution is 0.454. The third kappa shape index (κ3) is 0.816. The van der Waals surface area contributed by atoms with Gasteiger partial charge in [-0.15, -0.1) is 0 Å². The van der Waals surface area contributed by atoms with Crippen LogP contribution in [0.2, 0.25) is 0 Å². The molecular weight excluding hydrogens is 142 g/mol. The first-order valence-corrected chi connectivity index (χ1v) is 3.26. The van der Waals surface area contributed by atoms with Gasteiger partial charge in [0.2, 0.25) is 0 Å². The van der Waals surface area contributed by atoms with Gasteiger partial charge in [-0.2, -0.15) is 0 Å². The van der Waals surface area contributed by atoms with Gasteiger partial charge >= 0.3 is 0 Å². The Morgan fingerprint density at radius 3 is 2.82 bits per heavy atom. The van der Waals surface area contributed by atoms with Gasteiger partial charge in [-0.3, -0.25) is 0 Å². The lowest BCUT2D eigenvalue weighted by Crippen LogP contribution is -1.70. The predicted octanol–water partition coefficient (Wildman–Crippen LogP) is 1.58. The van der Waals surface area contributed by atoms with E-state index in [0.29, 0.717) is 5.52 Å². The quantitative estimate of drug-likeness (QED) is 0.532. The molecule has 0 radical (unpaired) electrons. The summed E-state index contributed by atoms with van der Waals surface area (Å²) in [6.45, 7) is 0. The molecule has 0 fully saturated rings. The van der Waals surface area contributed by atoms with Crippen LogP contribution in [0.3, 0.4) is 0 Å². The highest BCUT2D eigenvalue weighted by molar-refractivity contribution is 5.86. The van der Waals surface area contributed by atoms with Crippen LogP contribution < -0.4 is 0 Å². The van der Waals surface area contributed by atoms with E-state index in [9.17, 15) is 5.11 Å². The number of phenols is 2. The largest absolute Gasteiger partial charge is 0.508 e. The Balaban J connectivity index is 2.91. The molecule has 0 amide bonds. The smallest absolute Gasteiger partial charge is 0.143 e. The van der Waals surface area contributed by atoms with Crippen LogP contribution >= 0.6 is 0 Å². The summed E-state index contributed by atoms with van der Waals surface area (Å²) in [6, 6.07) is 4.68. The van der Waals surface area contributed by atoms with Crippen LogP contribution in [-0.2, 0) is 0 Å². The van der Waals surface area contributed by atoms with Crippen molar-refractivity contribution in [1.29, 1.82) is 0 Å². The molecule has 0 unspecified atom stereocenters. The number of hydrogen-bond donors (Lipinski definition) is 3. The third-order valence-corrected chi connectivity index (χ3v) is 1.62. The van der Waals surface area contributed by atoms with Crippen LogP contribution in [0.5, 0.6) is 11.5 Å². The van der Waals surface area contributed by atoms with Gasteiger partial charge in [0.1, 0.15) is 11.5 Å². The molecule has 0 aliphatic rings. The molecule has 0 saturated carbocycles. The molecule has 1 aromatic heterocycles. The first-order valence-electron chi connectivity index (χ1n) is 3.26. The Hall–Kier alpha value is -1.64. The molecule has 0 aliphatic heterocycles. The molecule has 2 rings (SSSR count). The Kier molecular flexibility index (Phi) is 1.06. The van der Waals surface area contributed by atoms with Crippen molar-refractivity contribution in [2.75, 3.05) is 0 Å². The fourth-order valence-electron chi connectivity index (χ4n) is 1.14. The van der Waals surface area contributed by atoms with Gasteiger partial charge in [-0.1, -0.05) is 0 Å². The second kappa shape index (κ2) is 1.92. The van der Waals surface area contributed by atoms with Crippen LogP contribution in [-0.4, -0.2) is 15.2 Å². The Morgan fingerprint density at radius 1 is 1.18 bits per heavy atom. The number of rotatable bonds is 0. The summed E-state index contributed by atoms with van der Waals surface area (Å²) >= 11 is 0. The van der Waals surface area contributed by atoms with Crippen molar-refractivity contribution < 1.29 is 10.2 Å². The summed E-state index contributed by atoms with van der Waals surface area (Å²) in [5, 5.41) is 19.1. The van der Waals surface area contributed by atoms with Gasteiger partial charge in [0.15, 0.2) is 0 Å². The highest BCUT2D eigenvalue weighted by Crippen LogP contribution is 2.27. The molecule has 0 atom stereocenters. The Labute approximate surface area is 62.9 Å². The number of aromatic nitrogens is 1. The van der Waals surface area contributed by atoms with Gasteiger partial charge in [0.25, 0.3) is 0 Å². The van der Waals surface area contributed by atoms with E-state index in [0.717, 1.165) is 5.39 Å². The minimum atomic E-state index is 0.0741. The summed E-state index contributed by atoms with van der Waals surface area (Å²) in [5.74, 6) is 0.152. The van der Waals surface area contributed by atoms with E-state index in [4.69, 9.17) is 5.11 Å². The van der Waals surface area contributed by atoms with E-state index in [1.54, 1.807) is 18.3 Å². The zero-order chi connectivity index (χ0) is 7.84. The van der Waals surface area contributed by atoms with E-state index in [2.05, 4.69) is 4.98 Å². The zero-order valence-electron chi connectivity index (χ0n) is 5.70. The van der Waals surface area contributed by atoms with E-state index < -0.39 is 0 Å². The molecular formula is C8H7NO2. The second-order valence-corrected chi connectivity index (χ2v) is 2.41. The molecule has 1 aromatic carbocycles. The summed E-state index contributed by atoms with van der Waals surface area (Å²) in [4.78, 5) is 2.85. The molecule has 0 saturated heterocycles. The van der Waals surface area contributed by atoms with E-state index >= 15 is 0 Å². The van der Waals surface area contributed by atoms with Crippen molar-refractivity contribution in [3.05, 3.63) is 24.4 Å². The predicted molar refractivity (Wildman–Crippen MR) is 41.6 cm³/mol. The Morgan fingerprint density at radius 2 is 2.00 bits per heavy atom. The number of benzene rings is 1. The zero-order valence-corrected chi connectivity index (χ0v) is 5.70. The molecule has 1 heterocycles. The van der Waals surface area contributed by atoms with Crippen molar-refractivity contribution in [1.82, 2.24) is 4.98 Å². The number of phenolic OH excluding ortho intramolecular Hbond substituents is 2. The first kappa shape index (κ1) is 6.09. The fraction of sp³-hybridized carbons (Fsp3) is 0. The maximum atomic E-state index is 9.25. The molecule has 11 heavy (non-hydrogen) atoms. The molecule has 3 heteroatoms. The van der Waals surface area contributed by atoms with Gasteiger partial charge < -0.3 is 15.2 Å². The SMILES string of the molecule is Oc1cc(O)c2[nH]ccc2c1. The average Bonchev–Trinajstić information content (AvgIpc) is 2.34. The van der Waals surface area contributed by atoms with Crippen molar-refractivity contribution in [2.24, 2.45) is 0 Å². The monoisotopic (exact) mass is 149 g/mol. The van der Waals surface area contributed by atoms with Crippen LogP contribution in [0.15, 0.2) is 24.4 Å². The molecule has 0 aliphatic carbocycles. The average molecular weight is 149 g/mol. The molecule has 0 spiro atoms. The van der Waals surface area contributed by atoms with E-state index in [-0.39, 0.29) is 11.5 Å². The van der Waals surface area contributed by atoms with Crippen molar-refractivity contribution in [3.8, 4) is 11.5 Å². The van der Waals surface area contributed by atoms with Gasteiger partial charge in [0, 0.05) is 17.6 Å². The maximum absolute atomic E-state index is 9.25. The molecule has 3 nitrogen and oxygen atoms in total. The van der Waals surface area contributed by atoms with Gasteiger partial charge in [-0.05, 0) is 12.1 Å². The number of nitrogens with one attached hydrogen (secondary N) is 1. The van der Waals surface area contributed by atoms with Crippen molar-refractivity contribution in [2.45, 2.75) is 0 Å². The minimum Gasteiger partial charge on any atom is -0.508 e. The van der Waals surface area contributed by atoms with Crippen LogP contribution in [0.1, 0.15) is 0 Å². The second-order valence-electron chi connectivity index (χ2n) is 2.41. The highest BCUT2D eigenvalue weighted by atomic mass is 16.3. The van der Waals surface area contributed by atoms with Crippen molar-refractivity contribution >= 4 is 10.9 Å². The fourth-order valence-corrected chi connectivity index (χ4v) is 1.14. The standard InChI is InChI=1S/C8H7NO2/c10-6-3-5-1-2-9-8(5)7(11)4-6/h1-4,9-11H. The van der Waals surface area contributed by atoms with Crippen LogP contribution in [0.4, 0.5) is 0 Å². The van der Waals surface area contributed by atoms with Gasteiger partial charge in [-0.25, -0.2) is 0 Å². The third-order valence-electron chi connectivity index (χ3n) is 1.62. The topological polar surface area (TPSA) is 56.2 Å².